The maximum absolute atomic E-state index is 11.7. The molecule has 1 fully saturated rings. The van der Waals surface area contributed by atoms with Crippen LogP contribution >= 0.6 is 11.3 Å². The van der Waals surface area contributed by atoms with Crippen molar-refractivity contribution in [3.63, 3.8) is 0 Å². The highest BCUT2D eigenvalue weighted by atomic mass is 32.1. The summed E-state index contributed by atoms with van der Waals surface area (Å²) >= 11 is 1.74. The van der Waals surface area contributed by atoms with Crippen molar-refractivity contribution in [2.24, 2.45) is 5.92 Å². The maximum Gasteiger partial charge on any atom is 0.227 e. The minimum Gasteiger partial charge on any atom is -0.380 e. The van der Waals surface area contributed by atoms with Crippen molar-refractivity contribution in [1.29, 1.82) is 0 Å². The highest BCUT2D eigenvalue weighted by Crippen LogP contribution is 2.30. The van der Waals surface area contributed by atoms with Gasteiger partial charge in [0.2, 0.25) is 5.91 Å². The molecule has 0 radical (unpaired) electrons. The quantitative estimate of drug-likeness (QED) is 0.856. The normalized spacial score (nSPS) is 14.0. The van der Waals surface area contributed by atoms with Crippen LogP contribution in [-0.2, 0) is 17.8 Å². The summed E-state index contributed by atoms with van der Waals surface area (Å²) in [6.07, 6.45) is 4.97. The monoisotopic (exact) mass is 301 g/mol. The third kappa shape index (κ3) is 3.82. The number of nitrogens with zero attached hydrogens (tertiary/aromatic N) is 1. The Kier molecular flexibility index (Phi) is 4.20. The van der Waals surface area contributed by atoms with E-state index in [1.165, 1.54) is 9.88 Å². The first kappa shape index (κ1) is 14.1. The average Bonchev–Trinajstić information content (AvgIpc) is 3.26. The molecule has 0 saturated heterocycles. The zero-order valence-electron chi connectivity index (χ0n) is 12.1. The molecule has 0 spiro atoms. The summed E-state index contributed by atoms with van der Waals surface area (Å²) in [7, 11) is 0. The first-order valence-electron chi connectivity index (χ1n) is 7.33. The summed E-state index contributed by atoms with van der Waals surface area (Å²) in [5, 5.41) is 7.48. The molecule has 0 atom stereocenters. The van der Waals surface area contributed by atoms with Gasteiger partial charge in [0.05, 0.1) is 11.6 Å². The second-order valence-corrected chi connectivity index (χ2v) is 6.47. The third-order valence-electron chi connectivity index (χ3n) is 3.47. The fraction of sp³-hybridized carbons (Fsp3) is 0.375. The number of benzene rings is 1. The van der Waals surface area contributed by atoms with Crippen molar-refractivity contribution >= 4 is 28.6 Å². The Bertz CT molecular complexity index is 617. The van der Waals surface area contributed by atoms with Crippen LogP contribution in [0.1, 0.15) is 29.7 Å². The number of carbonyl (C=O) groups excluding carboxylic acids is 1. The molecule has 0 bridgehead atoms. The summed E-state index contributed by atoms with van der Waals surface area (Å²) in [6.45, 7) is 2.90. The first-order valence-corrected chi connectivity index (χ1v) is 8.14. The van der Waals surface area contributed by atoms with E-state index in [2.05, 4.69) is 22.5 Å². The molecule has 4 nitrogen and oxygen atoms in total. The molecule has 1 amide bonds. The van der Waals surface area contributed by atoms with Crippen LogP contribution in [0.2, 0.25) is 0 Å². The number of amides is 1. The van der Waals surface area contributed by atoms with Gasteiger partial charge in [-0.25, -0.2) is 4.98 Å². The van der Waals surface area contributed by atoms with Gasteiger partial charge in [0.1, 0.15) is 0 Å². The van der Waals surface area contributed by atoms with E-state index < -0.39 is 0 Å². The summed E-state index contributed by atoms with van der Waals surface area (Å²) in [4.78, 5) is 17.3. The lowest BCUT2D eigenvalue weighted by Gasteiger charge is -2.07. The van der Waals surface area contributed by atoms with E-state index in [1.807, 2.05) is 30.5 Å². The van der Waals surface area contributed by atoms with Crippen LogP contribution in [0.25, 0.3) is 0 Å². The largest absolute Gasteiger partial charge is 0.380 e. The van der Waals surface area contributed by atoms with Gasteiger partial charge in [-0.1, -0.05) is 6.92 Å². The molecule has 1 saturated carbocycles. The van der Waals surface area contributed by atoms with Gasteiger partial charge in [-0.2, -0.15) is 0 Å². The Hall–Kier alpha value is -1.88. The molecule has 110 valence electrons. The number of nitrogens with one attached hydrogen (secondary N) is 2. The number of thiazole rings is 1. The van der Waals surface area contributed by atoms with Gasteiger partial charge in [-0.05, 0) is 43.5 Å². The maximum atomic E-state index is 11.7. The Labute approximate surface area is 128 Å². The Morgan fingerprint density at radius 2 is 2.00 bits per heavy atom. The number of aryl methyl sites for hydroxylation is 1. The highest BCUT2D eigenvalue weighted by Gasteiger charge is 2.29. The first-order chi connectivity index (χ1) is 10.2. The van der Waals surface area contributed by atoms with E-state index in [0.29, 0.717) is 0 Å². The minimum absolute atomic E-state index is 0.146. The molecule has 1 aliphatic carbocycles. The van der Waals surface area contributed by atoms with Gasteiger partial charge >= 0.3 is 0 Å². The lowest BCUT2D eigenvalue weighted by Crippen LogP contribution is -2.13. The van der Waals surface area contributed by atoms with Gasteiger partial charge in [-0.15, -0.1) is 11.3 Å². The van der Waals surface area contributed by atoms with E-state index in [4.69, 9.17) is 0 Å². The fourth-order valence-electron chi connectivity index (χ4n) is 2.04. The predicted octanol–water partition coefficient (Wildman–Crippen LogP) is 3.67. The number of hydrogen-bond donors (Lipinski definition) is 2. The zero-order chi connectivity index (χ0) is 14.7. The van der Waals surface area contributed by atoms with Gasteiger partial charge < -0.3 is 10.6 Å². The third-order valence-corrected chi connectivity index (χ3v) is 4.61. The average molecular weight is 301 g/mol. The highest BCUT2D eigenvalue weighted by molar-refractivity contribution is 7.11. The Balaban J connectivity index is 1.52. The standard InChI is InChI=1S/C16H19N3OS/c1-2-15-18-10-14(21-15)9-17-12-5-7-13(8-6-12)19-16(20)11-3-4-11/h5-8,10-11,17H,2-4,9H2,1H3,(H,19,20). The van der Waals surface area contributed by atoms with Crippen LogP contribution in [0.4, 0.5) is 11.4 Å². The Morgan fingerprint density at radius 1 is 1.29 bits per heavy atom. The second kappa shape index (κ2) is 6.26. The van der Waals surface area contributed by atoms with Crippen molar-refractivity contribution in [3.8, 4) is 0 Å². The van der Waals surface area contributed by atoms with E-state index in [9.17, 15) is 4.79 Å². The van der Waals surface area contributed by atoms with E-state index >= 15 is 0 Å². The van der Waals surface area contributed by atoms with Crippen LogP contribution in [-0.4, -0.2) is 10.9 Å². The molecule has 0 aliphatic heterocycles. The summed E-state index contributed by atoms with van der Waals surface area (Å²) in [6, 6.07) is 7.86. The van der Waals surface area contributed by atoms with Gasteiger partial charge in [-0.3, -0.25) is 4.79 Å². The number of hydrogen-bond acceptors (Lipinski definition) is 4. The molecule has 1 heterocycles. The molecule has 0 unspecified atom stereocenters. The number of rotatable bonds is 6. The van der Waals surface area contributed by atoms with Crippen LogP contribution in [0.15, 0.2) is 30.5 Å². The van der Waals surface area contributed by atoms with Crippen LogP contribution in [0, 0.1) is 5.92 Å². The van der Waals surface area contributed by atoms with Crippen molar-refractivity contribution in [2.45, 2.75) is 32.7 Å². The number of anilines is 2. The number of aromatic nitrogens is 1. The van der Waals surface area contributed by atoms with Crippen molar-refractivity contribution in [2.75, 3.05) is 10.6 Å². The molecule has 2 aromatic rings. The molecule has 21 heavy (non-hydrogen) atoms. The molecule has 1 aromatic heterocycles. The SMILES string of the molecule is CCc1ncc(CNc2ccc(NC(=O)C3CC3)cc2)s1. The molecule has 5 heteroatoms. The van der Waals surface area contributed by atoms with Gasteiger partial charge in [0, 0.05) is 28.4 Å². The molecule has 2 N–H and O–H groups in total. The molecular weight excluding hydrogens is 282 g/mol. The second-order valence-electron chi connectivity index (χ2n) is 5.27. The van der Waals surface area contributed by atoms with Gasteiger partial charge in [0.25, 0.3) is 0 Å². The van der Waals surface area contributed by atoms with Crippen molar-refractivity contribution < 1.29 is 4.79 Å². The molecule has 1 aliphatic rings. The molecular formula is C16H19N3OS. The predicted molar refractivity (Wildman–Crippen MR) is 86.6 cm³/mol. The fourth-order valence-corrected chi connectivity index (χ4v) is 2.85. The lowest BCUT2D eigenvalue weighted by atomic mass is 10.2. The Morgan fingerprint density at radius 3 is 2.62 bits per heavy atom. The molecule has 3 rings (SSSR count). The van der Waals surface area contributed by atoms with Crippen LogP contribution in [0.3, 0.4) is 0 Å². The number of carbonyl (C=O) groups is 1. The van der Waals surface area contributed by atoms with E-state index in [1.54, 1.807) is 11.3 Å². The molecule has 1 aromatic carbocycles. The topological polar surface area (TPSA) is 54.0 Å². The van der Waals surface area contributed by atoms with Crippen molar-refractivity contribution in [1.82, 2.24) is 4.98 Å². The summed E-state index contributed by atoms with van der Waals surface area (Å²) < 4.78 is 0. The van der Waals surface area contributed by atoms with Crippen LogP contribution < -0.4 is 10.6 Å². The summed E-state index contributed by atoms with van der Waals surface area (Å²) in [5.41, 5.74) is 1.91. The minimum atomic E-state index is 0.146. The smallest absolute Gasteiger partial charge is 0.227 e. The van der Waals surface area contributed by atoms with Gasteiger partial charge in [0.15, 0.2) is 0 Å². The lowest BCUT2D eigenvalue weighted by molar-refractivity contribution is -0.117. The van der Waals surface area contributed by atoms with Crippen LogP contribution in [0.5, 0.6) is 0 Å². The van der Waals surface area contributed by atoms with E-state index in [-0.39, 0.29) is 11.8 Å². The van der Waals surface area contributed by atoms with E-state index in [0.717, 1.165) is 37.2 Å². The summed E-state index contributed by atoms with van der Waals surface area (Å²) in [5.74, 6) is 0.384. The van der Waals surface area contributed by atoms with Crippen molar-refractivity contribution in [3.05, 3.63) is 40.3 Å². The zero-order valence-corrected chi connectivity index (χ0v) is 12.9.